The van der Waals surface area contributed by atoms with Crippen LogP contribution in [0.25, 0.3) is 0 Å². The molecule has 0 aromatic carbocycles. The van der Waals surface area contributed by atoms with Gasteiger partial charge in [0.25, 0.3) is 0 Å². The fourth-order valence-electron chi connectivity index (χ4n) is 3.06. The van der Waals surface area contributed by atoms with Crippen molar-refractivity contribution >= 4 is 0 Å². The number of nitrogens with one attached hydrogen (secondary N) is 1. The van der Waals surface area contributed by atoms with E-state index in [2.05, 4.69) is 87.2 Å². The van der Waals surface area contributed by atoms with Gasteiger partial charge in [-0.25, -0.2) is 14.1 Å². The lowest BCUT2D eigenvalue weighted by molar-refractivity contribution is -0.697. The Labute approximate surface area is 208 Å². The molecule has 0 saturated heterocycles. The first-order valence-corrected chi connectivity index (χ1v) is 10.1. The Bertz CT molecular complexity index is 748. The molecular formula is C22H31I2N5. The van der Waals surface area contributed by atoms with Crippen LogP contribution in [0.15, 0.2) is 49.1 Å². The molecule has 0 unspecified atom stereocenters. The second-order valence-electron chi connectivity index (χ2n) is 7.15. The summed E-state index contributed by atoms with van der Waals surface area (Å²) in [4.78, 5) is 4.66. The Morgan fingerprint density at radius 2 is 1.24 bits per heavy atom. The first-order valence-electron chi connectivity index (χ1n) is 10.1. The van der Waals surface area contributed by atoms with E-state index in [0.29, 0.717) is 0 Å². The number of hydrogen-bond acceptors (Lipinski definition) is 2. The second kappa shape index (κ2) is 14.0. The summed E-state index contributed by atoms with van der Waals surface area (Å²) in [6.07, 6.45) is 15.0. The molecule has 0 aliphatic carbocycles. The summed E-state index contributed by atoms with van der Waals surface area (Å²) < 4.78 is 4.47. The first kappa shape index (κ1) is 25.9. The molecule has 3 aromatic heterocycles. The summed E-state index contributed by atoms with van der Waals surface area (Å²) in [5.41, 5.74) is 2.49. The van der Waals surface area contributed by atoms with Crippen LogP contribution in [0.4, 0.5) is 0 Å². The van der Waals surface area contributed by atoms with Gasteiger partial charge in [0, 0.05) is 49.9 Å². The zero-order valence-corrected chi connectivity index (χ0v) is 21.6. The molecule has 1 N–H and O–H groups in total. The van der Waals surface area contributed by atoms with Gasteiger partial charge in [0.1, 0.15) is 18.9 Å². The summed E-state index contributed by atoms with van der Waals surface area (Å²) in [5.74, 6) is 1.77. The molecule has 158 valence electrons. The Morgan fingerprint density at radius 1 is 0.759 bits per heavy atom. The van der Waals surface area contributed by atoms with Gasteiger partial charge in [0.15, 0.2) is 30.6 Å². The van der Waals surface area contributed by atoms with E-state index >= 15 is 0 Å². The van der Waals surface area contributed by atoms with E-state index in [0.717, 1.165) is 37.6 Å². The summed E-state index contributed by atoms with van der Waals surface area (Å²) in [6, 6.07) is 8.67. The van der Waals surface area contributed by atoms with Crippen LogP contribution in [0.1, 0.15) is 62.3 Å². The van der Waals surface area contributed by atoms with Crippen LogP contribution < -0.4 is 57.1 Å². The fraction of sp³-hybridized carbons (Fsp3) is 0.455. The smallest absolute Gasteiger partial charge is 0.169 e. The highest BCUT2D eigenvalue weighted by atomic mass is 127. The van der Waals surface area contributed by atoms with Crippen molar-refractivity contribution in [3.05, 3.63) is 71.8 Å². The monoisotopic (exact) mass is 619 g/mol. The van der Waals surface area contributed by atoms with Crippen LogP contribution in [0.5, 0.6) is 0 Å². The summed E-state index contributed by atoms with van der Waals surface area (Å²) in [7, 11) is 0. The molecule has 0 fully saturated rings. The fourth-order valence-corrected chi connectivity index (χ4v) is 3.06. The lowest BCUT2D eigenvalue weighted by atomic mass is 10.2. The van der Waals surface area contributed by atoms with Gasteiger partial charge in [-0.05, 0) is 11.1 Å². The standard InChI is InChI=1S/C22H31N5.2HI/c1-3-5-11-26-13-7-19(8-14-26)17-21-23-22(25-24-21)18-20-9-15-27(16-10-20)12-6-4-2;;/h7-10,13-16H,3-6,11-12,17-18H2,1-2H3,(H,23,24,25);2*1H/q+2;;/p-2. The van der Waals surface area contributed by atoms with Crippen molar-refractivity contribution in [3.63, 3.8) is 0 Å². The van der Waals surface area contributed by atoms with Gasteiger partial charge in [-0.3, -0.25) is 5.10 Å². The van der Waals surface area contributed by atoms with E-state index in [4.69, 9.17) is 0 Å². The molecule has 0 aliphatic rings. The number of rotatable bonds is 10. The molecule has 3 rings (SSSR count). The number of unbranched alkanes of at least 4 members (excludes halogenated alkanes) is 2. The van der Waals surface area contributed by atoms with E-state index in [1.807, 2.05) is 0 Å². The molecular weight excluding hydrogens is 588 g/mol. The van der Waals surface area contributed by atoms with Crippen LogP contribution in [0, 0.1) is 0 Å². The predicted molar refractivity (Wildman–Crippen MR) is 105 cm³/mol. The average molecular weight is 619 g/mol. The van der Waals surface area contributed by atoms with Crippen molar-refractivity contribution in [2.45, 2.75) is 65.5 Å². The number of H-pyrrole nitrogens is 1. The van der Waals surface area contributed by atoms with Crippen molar-refractivity contribution in [2.24, 2.45) is 0 Å². The maximum Gasteiger partial charge on any atom is 0.169 e. The number of pyridine rings is 2. The lowest BCUT2D eigenvalue weighted by Gasteiger charge is -1.99. The molecule has 0 spiro atoms. The van der Waals surface area contributed by atoms with Crippen molar-refractivity contribution in [1.82, 2.24) is 15.2 Å². The largest absolute Gasteiger partial charge is 1.00 e. The van der Waals surface area contributed by atoms with Gasteiger partial charge in [-0.15, -0.1) is 0 Å². The third kappa shape index (κ3) is 8.65. The molecule has 0 aliphatic heterocycles. The SMILES string of the molecule is CCCC[n+]1ccc(Cc2n[nH]c(Cc3cc[n+](CCCC)cc3)n2)cc1.[I-].[I-]. The Kier molecular flexibility index (Phi) is 12.5. The molecule has 0 bridgehead atoms. The van der Waals surface area contributed by atoms with Gasteiger partial charge in [-0.1, -0.05) is 26.7 Å². The minimum absolute atomic E-state index is 0. The Hall–Kier alpha value is -1.10. The zero-order chi connectivity index (χ0) is 18.9. The average Bonchev–Trinajstić information content (AvgIpc) is 3.13. The normalized spacial score (nSPS) is 10.3. The van der Waals surface area contributed by atoms with Gasteiger partial charge >= 0.3 is 0 Å². The minimum atomic E-state index is 0. The molecule has 3 aromatic rings. The van der Waals surface area contributed by atoms with Gasteiger partial charge in [0.2, 0.25) is 0 Å². The highest BCUT2D eigenvalue weighted by Gasteiger charge is 2.08. The Morgan fingerprint density at radius 3 is 1.72 bits per heavy atom. The maximum atomic E-state index is 4.66. The predicted octanol–water partition coefficient (Wildman–Crippen LogP) is -2.83. The van der Waals surface area contributed by atoms with Crippen molar-refractivity contribution < 1.29 is 57.1 Å². The van der Waals surface area contributed by atoms with E-state index in [-0.39, 0.29) is 48.0 Å². The van der Waals surface area contributed by atoms with E-state index in [9.17, 15) is 0 Å². The quantitative estimate of drug-likeness (QED) is 0.197. The first-order chi connectivity index (χ1) is 13.3. The highest BCUT2D eigenvalue weighted by Crippen LogP contribution is 2.07. The number of aryl methyl sites for hydroxylation is 2. The molecule has 0 amide bonds. The van der Waals surface area contributed by atoms with E-state index in [1.165, 1.54) is 36.8 Å². The van der Waals surface area contributed by atoms with Gasteiger partial charge < -0.3 is 48.0 Å². The topological polar surface area (TPSA) is 49.3 Å². The van der Waals surface area contributed by atoms with Crippen LogP contribution in [-0.2, 0) is 25.9 Å². The summed E-state index contributed by atoms with van der Waals surface area (Å²) in [6.45, 7) is 6.60. The van der Waals surface area contributed by atoms with Crippen LogP contribution >= 0.6 is 0 Å². The van der Waals surface area contributed by atoms with Crippen LogP contribution in [0.3, 0.4) is 0 Å². The summed E-state index contributed by atoms with van der Waals surface area (Å²) >= 11 is 0. The molecule has 5 nitrogen and oxygen atoms in total. The van der Waals surface area contributed by atoms with Crippen molar-refractivity contribution in [1.29, 1.82) is 0 Å². The van der Waals surface area contributed by atoms with Gasteiger partial charge in [-0.2, -0.15) is 5.10 Å². The van der Waals surface area contributed by atoms with Crippen LogP contribution in [-0.4, -0.2) is 15.2 Å². The number of halogens is 2. The molecule has 0 radical (unpaired) electrons. The van der Waals surface area contributed by atoms with Crippen molar-refractivity contribution in [3.8, 4) is 0 Å². The van der Waals surface area contributed by atoms with Crippen LogP contribution in [0.2, 0.25) is 0 Å². The molecule has 0 atom stereocenters. The van der Waals surface area contributed by atoms with Crippen molar-refractivity contribution in [2.75, 3.05) is 0 Å². The third-order valence-corrected chi connectivity index (χ3v) is 4.77. The minimum Gasteiger partial charge on any atom is -1.00 e. The zero-order valence-electron chi connectivity index (χ0n) is 17.3. The Balaban J connectivity index is 0.00000210. The molecule has 0 saturated carbocycles. The molecule has 7 heteroatoms. The van der Waals surface area contributed by atoms with E-state index in [1.54, 1.807) is 0 Å². The molecule has 3 heterocycles. The number of nitrogens with zero attached hydrogens (tertiary/aromatic N) is 4. The molecule has 29 heavy (non-hydrogen) atoms. The van der Waals surface area contributed by atoms with E-state index < -0.39 is 0 Å². The highest BCUT2D eigenvalue weighted by molar-refractivity contribution is 5.16. The van der Waals surface area contributed by atoms with Gasteiger partial charge in [0.05, 0.1) is 0 Å². The summed E-state index contributed by atoms with van der Waals surface area (Å²) in [5, 5.41) is 7.48. The third-order valence-electron chi connectivity index (χ3n) is 4.77. The lowest BCUT2D eigenvalue weighted by Crippen LogP contribution is -3.00. The maximum absolute atomic E-state index is 4.66. The number of aromatic amines is 1. The number of aromatic nitrogens is 5. The second-order valence-corrected chi connectivity index (χ2v) is 7.15. The number of hydrogen-bond donors (Lipinski definition) is 1.